The van der Waals surface area contributed by atoms with Crippen LogP contribution in [0, 0.1) is 6.92 Å². The van der Waals surface area contributed by atoms with Gasteiger partial charge in [0.15, 0.2) is 11.0 Å². The van der Waals surface area contributed by atoms with E-state index in [2.05, 4.69) is 25.4 Å². The lowest BCUT2D eigenvalue weighted by molar-refractivity contribution is 0.508. The number of pyridine rings is 1. The molecule has 27 heavy (non-hydrogen) atoms. The van der Waals surface area contributed by atoms with Crippen molar-refractivity contribution in [3.63, 3.8) is 0 Å². The fourth-order valence-electron chi connectivity index (χ4n) is 2.59. The van der Waals surface area contributed by atoms with Crippen molar-refractivity contribution in [1.82, 2.24) is 29.9 Å². The van der Waals surface area contributed by atoms with Gasteiger partial charge in [0.05, 0.1) is 5.25 Å². The molecule has 0 amide bonds. The molecule has 0 aliphatic heterocycles. The van der Waals surface area contributed by atoms with Gasteiger partial charge in [-0.3, -0.25) is 4.98 Å². The van der Waals surface area contributed by atoms with E-state index in [4.69, 9.17) is 4.42 Å². The summed E-state index contributed by atoms with van der Waals surface area (Å²) in [5.74, 6) is 1.87. The number of benzene rings is 1. The van der Waals surface area contributed by atoms with Crippen LogP contribution in [0.5, 0.6) is 0 Å². The normalized spacial score (nSPS) is 12.3. The molecule has 0 saturated carbocycles. The lowest BCUT2D eigenvalue weighted by atomic mass is 10.1. The molecule has 0 N–H and O–H groups in total. The summed E-state index contributed by atoms with van der Waals surface area (Å²) in [6.45, 7) is 4.06. The number of hydrogen-bond donors (Lipinski definition) is 0. The van der Waals surface area contributed by atoms with Crippen molar-refractivity contribution in [2.75, 3.05) is 0 Å². The van der Waals surface area contributed by atoms with Gasteiger partial charge in [0, 0.05) is 30.6 Å². The summed E-state index contributed by atoms with van der Waals surface area (Å²) in [6, 6.07) is 11.8. The van der Waals surface area contributed by atoms with Crippen molar-refractivity contribution in [3.8, 4) is 22.8 Å². The van der Waals surface area contributed by atoms with Crippen LogP contribution in [0.2, 0.25) is 0 Å². The molecule has 136 valence electrons. The third-order valence-corrected chi connectivity index (χ3v) is 5.26. The van der Waals surface area contributed by atoms with Gasteiger partial charge in [-0.25, -0.2) is 0 Å². The molecule has 1 aromatic carbocycles. The van der Waals surface area contributed by atoms with Crippen LogP contribution < -0.4 is 0 Å². The van der Waals surface area contributed by atoms with E-state index in [1.165, 1.54) is 17.3 Å². The molecule has 1 atom stereocenters. The Bertz CT molecular complexity index is 1040. The van der Waals surface area contributed by atoms with Crippen LogP contribution in [0.3, 0.4) is 0 Å². The zero-order valence-electron chi connectivity index (χ0n) is 15.2. The fraction of sp³-hybridized carbons (Fsp3) is 0.211. The minimum Gasteiger partial charge on any atom is -0.419 e. The molecule has 0 bridgehead atoms. The topological polar surface area (TPSA) is 82.5 Å². The molecule has 8 heteroatoms. The third-order valence-electron chi connectivity index (χ3n) is 4.14. The summed E-state index contributed by atoms with van der Waals surface area (Å²) >= 11 is 1.53. The maximum absolute atomic E-state index is 5.87. The zero-order chi connectivity index (χ0) is 18.8. The Morgan fingerprint density at radius 2 is 1.67 bits per heavy atom. The van der Waals surface area contributed by atoms with Crippen LogP contribution in [-0.4, -0.2) is 29.9 Å². The molecule has 0 aliphatic carbocycles. The van der Waals surface area contributed by atoms with Gasteiger partial charge >= 0.3 is 0 Å². The van der Waals surface area contributed by atoms with Crippen LogP contribution in [0.15, 0.2) is 58.4 Å². The second kappa shape index (κ2) is 7.32. The second-order valence-corrected chi connectivity index (χ2v) is 7.48. The molecule has 0 radical (unpaired) electrons. The summed E-state index contributed by atoms with van der Waals surface area (Å²) in [4.78, 5) is 4.04. The average Bonchev–Trinajstić information content (AvgIpc) is 3.31. The van der Waals surface area contributed by atoms with Gasteiger partial charge in [0.1, 0.15) is 0 Å². The molecule has 3 heterocycles. The lowest BCUT2D eigenvalue weighted by Crippen LogP contribution is -1.97. The van der Waals surface area contributed by atoms with Crippen molar-refractivity contribution in [2.24, 2.45) is 7.05 Å². The van der Waals surface area contributed by atoms with Gasteiger partial charge < -0.3 is 8.98 Å². The first-order valence-corrected chi connectivity index (χ1v) is 9.36. The van der Waals surface area contributed by atoms with Gasteiger partial charge in [0.25, 0.3) is 0 Å². The highest BCUT2D eigenvalue weighted by Crippen LogP contribution is 2.35. The Labute approximate surface area is 160 Å². The summed E-state index contributed by atoms with van der Waals surface area (Å²) in [5.41, 5.74) is 3.07. The minimum absolute atomic E-state index is 0.0510. The Morgan fingerprint density at radius 3 is 2.41 bits per heavy atom. The second-order valence-electron chi connectivity index (χ2n) is 6.17. The molecule has 4 aromatic rings. The van der Waals surface area contributed by atoms with Crippen LogP contribution in [0.25, 0.3) is 22.8 Å². The van der Waals surface area contributed by atoms with E-state index in [1.807, 2.05) is 61.9 Å². The molecular weight excluding hydrogens is 360 g/mol. The first-order valence-electron chi connectivity index (χ1n) is 8.48. The highest BCUT2D eigenvalue weighted by molar-refractivity contribution is 7.99. The van der Waals surface area contributed by atoms with E-state index in [0.29, 0.717) is 11.8 Å². The number of aromatic nitrogens is 6. The Balaban J connectivity index is 1.52. The van der Waals surface area contributed by atoms with Crippen molar-refractivity contribution in [1.29, 1.82) is 0 Å². The Hall–Kier alpha value is -3.00. The molecule has 0 aliphatic rings. The number of hydrogen-bond acceptors (Lipinski definition) is 7. The van der Waals surface area contributed by atoms with E-state index < -0.39 is 0 Å². The SMILES string of the molecule is Cc1ccc(-c2nnc([C@H](C)Sc3nnc(-c4ccncc4)n3C)o2)cc1. The largest absolute Gasteiger partial charge is 0.419 e. The smallest absolute Gasteiger partial charge is 0.247 e. The monoisotopic (exact) mass is 378 g/mol. The number of aryl methyl sites for hydroxylation is 1. The highest BCUT2D eigenvalue weighted by Gasteiger charge is 2.20. The molecule has 3 aromatic heterocycles. The molecule has 4 rings (SSSR count). The highest BCUT2D eigenvalue weighted by atomic mass is 32.2. The number of rotatable bonds is 5. The number of thioether (sulfide) groups is 1. The Morgan fingerprint density at radius 1 is 0.926 bits per heavy atom. The van der Waals surface area contributed by atoms with E-state index in [-0.39, 0.29) is 5.25 Å². The van der Waals surface area contributed by atoms with E-state index >= 15 is 0 Å². The van der Waals surface area contributed by atoms with Crippen molar-refractivity contribution < 1.29 is 4.42 Å². The van der Waals surface area contributed by atoms with E-state index in [1.54, 1.807) is 12.4 Å². The zero-order valence-corrected chi connectivity index (χ0v) is 16.0. The van der Waals surface area contributed by atoms with Crippen LogP contribution >= 0.6 is 11.8 Å². The van der Waals surface area contributed by atoms with Crippen LogP contribution in [-0.2, 0) is 7.05 Å². The van der Waals surface area contributed by atoms with Crippen molar-refractivity contribution in [3.05, 3.63) is 60.2 Å². The quantitative estimate of drug-likeness (QED) is 0.484. The van der Waals surface area contributed by atoms with Crippen molar-refractivity contribution in [2.45, 2.75) is 24.3 Å². The minimum atomic E-state index is -0.0510. The maximum Gasteiger partial charge on any atom is 0.247 e. The summed E-state index contributed by atoms with van der Waals surface area (Å²) in [7, 11) is 1.94. The summed E-state index contributed by atoms with van der Waals surface area (Å²) in [6.07, 6.45) is 3.48. The lowest BCUT2D eigenvalue weighted by Gasteiger charge is -2.07. The van der Waals surface area contributed by atoms with Crippen LogP contribution in [0.4, 0.5) is 0 Å². The summed E-state index contributed by atoms with van der Waals surface area (Å²) < 4.78 is 7.82. The van der Waals surface area contributed by atoms with E-state index in [0.717, 1.165) is 22.1 Å². The first-order chi connectivity index (χ1) is 13.1. The predicted octanol–water partition coefficient (Wildman–Crippen LogP) is 4.09. The third kappa shape index (κ3) is 3.61. The molecule has 0 spiro atoms. The molecular formula is C19H18N6OS. The predicted molar refractivity (Wildman–Crippen MR) is 103 cm³/mol. The number of nitrogens with zero attached hydrogens (tertiary/aromatic N) is 6. The van der Waals surface area contributed by atoms with Gasteiger partial charge in [0.2, 0.25) is 11.8 Å². The Kier molecular flexibility index (Phi) is 4.72. The van der Waals surface area contributed by atoms with Crippen molar-refractivity contribution >= 4 is 11.8 Å². The van der Waals surface area contributed by atoms with Gasteiger partial charge in [-0.05, 0) is 38.1 Å². The fourth-order valence-corrected chi connectivity index (χ4v) is 3.43. The molecule has 7 nitrogen and oxygen atoms in total. The first kappa shape index (κ1) is 17.4. The van der Waals surface area contributed by atoms with Gasteiger partial charge in [-0.2, -0.15) is 0 Å². The average molecular weight is 378 g/mol. The standard InChI is InChI=1S/C19H18N6OS/c1-12-4-6-15(7-5-12)18-23-22-17(26-18)13(2)27-19-24-21-16(25(19)3)14-8-10-20-11-9-14/h4-11,13H,1-3H3/t13-/m0/s1. The van der Waals surface area contributed by atoms with E-state index in [9.17, 15) is 0 Å². The molecule has 0 unspecified atom stereocenters. The maximum atomic E-state index is 5.87. The van der Waals surface area contributed by atoms with Crippen LogP contribution in [0.1, 0.15) is 23.6 Å². The molecule has 0 fully saturated rings. The van der Waals surface area contributed by atoms with Gasteiger partial charge in [-0.1, -0.05) is 29.5 Å². The summed E-state index contributed by atoms with van der Waals surface area (Å²) in [5, 5.41) is 17.7. The molecule has 0 saturated heterocycles. The van der Waals surface area contributed by atoms with Gasteiger partial charge in [-0.15, -0.1) is 20.4 Å².